The highest BCUT2D eigenvalue weighted by molar-refractivity contribution is 5.76. The van der Waals surface area contributed by atoms with Gasteiger partial charge in [-0.3, -0.25) is 4.79 Å². The van der Waals surface area contributed by atoms with Gasteiger partial charge in [0, 0.05) is 19.0 Å². The molecule has 0 aliphatic carbocycles. The first-order valence-electron chi connectivity index (χ1n) is 7.97. The van der Waals surface area contributed by atoms with E-state index in [9.17, 15) is 13.6 Å². The van der Waals surface area contributed by atoms with E-state index in [1.807, 2.05) is 0 Å². The molecule has 1 aromatic carbocycles. The molecule has 0 radical (unpaired) electrons. The first-order chi connectivity index (χ1) is 10.5. The van der Waals surface area contributed by atoms with Gasteiger partial charge in [0.2, 0.25) is 5.91 Å². The van der Waals surface area contributed by atoms with Crippen molar-refractivity contribution in [2.24, 2.45) is 11.8 Å². The van der Waals surface area contributed by atoms with Crippen LogP contribution in [-0.4, -0.2) is 25.5 Å². The van der Waals surface area contributed by atoms with Crippen molar-refractivity contribution in [3.05, 3.63) is 35.4 Å². The molecule has 1 aliphatic rings. The molecule has 0 spiro atoms. The van der Waals surface area contributed by atoms with E-state index >= 15 is 0 Å². The Labute approximate surface area is 130 Å². The molecule has 0 aromatic heterocycles. The maximum absolute atomic E-state index is 13.1. The molecule has 0 saturated carbocycles. The van der Waals surface area contributed by atoms with Crippen molar-refractivity contribution in [1.29, 1.82) is 0 Å². The van der Waals surface area contributed by atoms with Gasteiger partial charge in [0.1, 0.15) is 11.6 Å². The van der Waals surface area contributed by atoms with Gasteiger partial charge in [0.15, 0.2) is 0 Å². The van der Waals surface area contributed by atoms with E-state index in [2.05, 4.69) is 17.6 Å². The minimum Gasteiger partial charge on any atom is -0.356 e. The maximum atomic E-state index is 13.1. The van der Waals surface area contributed by atoms with Gasteiger partial charge in [0.25, 0.3) is 0 Å². The van der Waals surface area contributed by atoms with Crippen LogP contribution in [0.15, 0.2) is 18.2 Å². The third-order valence-electron chi connectivity index (χ3n) is 4.35. The topological polar surface area (TPSA) is 41.1 Å². The molecule has 2 N–H and O–H groups in total. The van der Waals surface area contributed by atoms with Crippen LogP contribution in [0.2, 0.25) is 0 Å². The van der Waals surface area contributed by atoms with Crippen LogP contribution in [0.3, 0.4) is 0 Å². The van der Waals surface area contributed by atoms with Gasteiger partial charge in [-0.25, -0.2) is 8.78 Å². The summed E-state index contributed by atoms with van der Waals surface area (Å²) in [5.41, 5.74) is 0.559. The van der Waals surface area contributed by atoms with Crippen LogP contribution >= 0.6 is 0 Å². The number of halogens is 2. The van der Waals surface area contributed by atoms with Crippen molar-refractivity contribution >= 4 is 5.91 Å². The zero-order valence-corrected chi connectivity index (χ0v) is 13.0. The van der Waals surface area contributed by atoms with E-state index in [4.69, 9.17) is 0 Å². The zero-order chi connectivity index (χ0) is 15.9. The smallest absolute Gasteiger partial charge is 0.220 e. The third-order valence-corrected chi connectivity index (χ3v) is 4.35. The lowest BCUT2D eigenvalue weighted by atomic mass is 9.84. The fourth-order valence-electron chi connectivity index (χ4n) is 3.05. The van der Waals surface area contributed by atoms with Crippen molar-refractivity contribution in [2.45, 2.75) is 32.6 Å². The molecule has 0 bridgehead atoms. The van der Waals surface area contributed by atoms with Gasteiger partial charge in [-0.05, 0) is 61.9 Å². The van der Waals surface area contributed by atoms with Crippen LogP contribution in [0.5, 0.6) is 0 Å². The Morgan fingerprint density at radius 3 is 2.55 bits per heavy atom. The van der Waals surface area contributed by atoms with Crippen LogP contribution < -0.4 is 10.6 Å². The van der Waals surface area contributed by atoms with E-state index in [1.165, 1.54) is 12.1 Å². The average molecular weight is 310 g/mol. The number of piperidine rings is 1. The predicted molar refractivity (Wildman–Crippen MR) is 82.4 cm³/mol. The number of benzene rings is 1. The van der Waals surface area contributed by atoms with E-state index in [1.54, 1.807) is 0 Å². The van der Waals surface area contributed by atoms with Crippen molar-refractivity contribution in [3.8, 4) is 0 Å². The first kappa shape index (κ1) is 16.9. The average Bonchev–Trinajstić information content (AvgIpc) is 2.47. The quantitative estimate of drug-likeness (QED) is 0.848. The van der Waals surface area contributed by atoms with E-state index < -0.39 is 11.6 Å². The van der Waals surface area contributed by atoms with Gasteiger partial charge in [-0.1, -0.05) is 6.92 Å². The Kier molecular flexibility index (Phi) is 6.31. The maximum Gasteiger partial charge on any atom is 0.220 e. The number of hydrogen-bond acceptors (Lipinski definition) is 2. The molecule has 22 heavy (non-hydrogen) atoms. The van der Waals surface area contributed by atoms with Crippen molar-refractivity contribution in [1.82, 2.24) is 10.6 Å². The predicted octanol–water partition coefficient (Wildman–Crippen LogP) is 2.65. The highest BCUT2D eigenvalue weighted by atomic mass is 19.1. The fraction of sp³-hybridized carbons (Fsp3) is 0.588. The summed E-state index contributed by atoms with van der Waals surface area (Å²) in [4.78, 5) is 11.9. The van der Waals surface area contributed by atoms with Crippen LogP contribution in [-0.2, 0) is 11.2 Å². The summed E-state index contributed by atoms with van der Waals surface area (Å²) in [5.74, 6) is -0.178. The number of amides is 1. The zero-order valence-electron chi connectivity index (χ0n) is 13.0. The monoisotopic (exact) mass is 310 g/mol. The Morgan fingerprint density at radius 2 is 1.91 bits per heavy atom. The molecule has 1 atom stereocenters. The van der Waals surface area contributed by atoms with E-state index in [0.717, 1.165) is 32.0 Å². The second-order valence-electron chi connectivity index (χ2n) is 6.15. The summed E-state index contributed by atoms with van der Waals surface area (Å²) in [5, 5.41) is 6.16. The number of hydrogen-bond donors (Lipinski definition) is 2. The van der Waals surface area contributed by atoms with Gasteiger partial charge in [0.05, 0.1) is 0 Å². The van der Waals surface area contributed by atoms with Crippen LogP contribution in [0.25, 0.3) is 0 Å². The second kappa shape index (κ2) is 8.22. The standard InChI is InChI=1S/C17H24F2N2O/c1-12(14-3-5-20-6-4-14)8-17(22)21-7-2-13-9-15(18)11-16(19)10-13/h9-12,14,20H,2-8H2,1H3,(H,21,22). The van der Waals surface area contributed by atoms with Crippen LogP contribution in [0, 0.1) is 23.5 Å². The van der Waals surface area contributed by atoms with Gasteiger partial charge >= 0.3 is 0 Å². The molecular weight excluding hydrogens is 286 g/mol. The third kappa shape index (κ3) is 5.37. The van der Waals surface area contributed by atoms with Gasteiger partial charge < -0.3 is 10.6 Å². The Bertz CT molecular complexity index is 481. The molecule has 3 nitrogen and oxygen atoms in total. The minimum atomic E-state index is -0.583. The molecule has 1 amide bonds. The fourth-order valence-corrected chi connectivity index (χ4v) is 3.05. The first-order valence-corrected chi connectivity index (χ1v) is 7.97. The Balaban J connectivity index is 1.70. The lowest BCUT2D eigenvalue weighted by Crippen LogP contribution is -2.34. The number of nitrogens with one attached hydrogen (secondary N) is 2. The van der Waals surface area contributed by atoms with Crippen LogP contribution in [0.1, 0.15) is 31.7 Å². The molecule has 1 unspecified atom stereocenters. The van der Waals surface area contributed by atoms with Crippen LogP contribution in [0.4, 0.5) is 8.78 Å². The normalized spacial score (nSPS) is 17.2. The summed E-state index contributed by atoms with van der Waals surface area (Å²) in [6.07, 6.45) is 3.19. The van der Waals surface area contributed by atoms with E-state index in [0.29, 0.717) is 36.8 Å². The lowest BCUT2D eigenvalue weighted by Gasteiger charge is -2.27. The van der Waals surface area contributed by atoms with Crippen molar-refractivity contribution in [2.75, 3.05) is 19.6 Å². The number of carbonyl (C=O) groups is 1. The van der Waals surface area contributed by atoms with Crippen molar-refractivity contribution in [3.63, 3.8) is 0 Å². The van der Waals surface area contributed by atoms with Gasteiger partial charge in [-0.2, -0.15) is 0 Å². The molecule has 1 aliphatic heterocycles. The largest absolute Gasteiger partial charge is 0.356 e. The summed E-state index contributed by atoms with van der Waals surface area (Å²) in [6, 6.07) is 3.45. The molecule has 5 heteroatoms. The van der Waals surface area contributed by atoms with Crippen molar-refractivity contribution < 1.29 is 13.6 Å². The SMILES string of the molecule is CC(CC(=O)NCCc1cc(F)cc(F)c1)C1CCNCC1. The highest BCUT2D eigenvalue weighted by Gasteiger charge is 2.21. The molecule has 122 valence electrons. The summed E-state index contributed by atoms with van der Waals surface area (Å²) in [6.45, 7) is 4.59. The summed E-state index contributed by atoms with van der Waals surface area (Å²) >= 11 is 0. The molecule has 1 heterocycles. The molecular formula is C17H24F2N2O. The molecule has 1 saturated heterocycles. The minimum absolute atomic E-state index is 0.0166. The lowest BCUT2D eigenvalue weighted by molar-refractivity contribution is -0.122. The Morgan fingerprint density at radius 1 is 1.27 bits per heavy atom. The molecule has 1 aromatic rings. The second-order valence-corrected chi connectivity index (χ2v) is 6.15. The summed E-state index contributed by atoms with van der Waals surface area (Å²) in [7, 11) is 0. The number of carbonyl (C=O) groups excluding carboxylic acids is 1. The van der Waals surface area contributed by atoms with Gasteiger partial charge in [-0.15, -0.1) is 0 Å². The summed E-state index contributed by atoms with van der Waals surface area (Å²) < 4.78 is 26.1. The number of rotatable bonds is 6. The highest BCUT2D eigenvalue weighted by Crippen LogP contribution is 2.24. The van der Waals surface area contributed by atoms with E-state index in [-0.39, 0.29) is 5.91 Å². The molecule has 2 rings (SSSR count). The Hall–Kier alpha value is -1.49. The molecule has 1 fully saturated rings.